The van der Waals surface area contributed by atoms with Gasteiger partial charge in [0.1, 0.15) is 0 Å². The van der Waals surface area contributed by atoms with Gasteiger partial charge in [-0.15, -0.1) is 0 Å². The van der Waals surface area contributed by atoms with Gasteiger partial charge in [-0.1, -0.05) is 6.92 Å². The van der Waals surface area contributed by atoms with E-state index in [2.05, 4.69) is 0 Å². The molecule has 1 aliphatic carbocycles. The van der Waals surface area contributed by atoms with Crippen molar-refractivity contribution in [1.29, 1.82) is 0 Å². The fourth-order valence-corrected chi connectivity index (χ4v) is 1.60. The molecule has 5 heteroatoms. The maximum absolute atomic E-state index is 11.4. The quantitative estimate of drug-likeness (QED) is 0.629. The minimum Gasteiger partial charge on any atom is -0.465 e. The Bertz CT molecular complexity index is 264. The summed E-state index contributed by atoms with van der Waals surface area (Å²) in [6.07, 6.45) is 2.18. The first-order valence-corrected chi connectivity index (χ1v) is 5.73. The summed E-state index contributed by atoms with van der Waals surface area (Å²) < 4.78 is 4.90. The molecule has 0 spiro atoms. The molecule has 1 aliphatic rings. The maximum Gasteiger partial charge on any atom is 0.320 e. The molecule has 0 radical (unpaired) electrons. The molecule has 2 N–H and O–H groups in total. The topological polar surface area (TPSA) is 72.6 Å². The standard InChI is InChI=1S/C11H20N2O3/c1-3-16-10(14)7-13(9-4-5-9)6-8(2)11(12)15/h8-9H,3-7H2,1-2H3,(H2,12,15). The summed E-state index contributed by atoms with van der Waals surface area (Å²) in [4.78, 5) is 24.3. The van der Waals surface area contributed by atoms with Crippen molar-refractivity contribution in [2.45, 2.75) is 32.7 Å². The van der Waals surface area contributed by atoms with Crippen molar-refractivity contribution in [2.75, 3.05) is 19.7 Å². The van der Waals surface area contributed by atoms with E-state index in [1.165, 1.54) is 0 Å². The van der Waals surface area contributed by atoms with Crippen LogP contribution < -0.4 is 5.73 Å². The van der Waals surface area contributed by atoms with Crippen LogP contribution in [0.5, 0.6) is 0 Å². The minimum atomic E-state index is -0.325. The number of nitrogens with two attached hydrogens (primary N) is 1. The van der Waals surface area contributed by atoms with Gasteiger partial charge >= 0.3 is 5.97 Å². The molecule has 1 fully saturated rings. The highest BCUT2D eigenvalue weighted by atomic mass is 16.5. The lowest BCUT2D eigenvalue weighted by molar-refractivity contribution is -0.145. The van der Waals surface area contributed by atoms with Crippen LogP contribution >= 0.6 is 0 Å². The third kappa shape index (κ3) is 4.18. The molecule has 1 saturated carbocycles. The minimum absolute atomic E-state index is 0.227. The number of carbonyl (C=O) groups excluding carboxylic acids is 2. The zero-order chi connectivity index (χ0) is 12.1. The Balaban J connectivity index is 2.41. The molecule has 1 rings (SSSR count). The number of amides is 1. The molecule has 0 aliphatic heterocycles. The van der Waals surface area contributed by atoms with Gasteiger partial charge in [-0.2, -0.15) is 0 Å². The lowest BCUT2D eigenvalue weighted by atomic mass is 10.1. The van der Waals surface area contributed by atoms with Crippen molar-refractivity contribution in [2.24, 2.45) is 11.7 Å². The number of esters is 1. The molecule has 92 valence electrons. The average Bonchev–Trinajstić information content (AvgIpc) is 2.99. The van der Waals surface area contributed by atoms with E-state index in [1.54, 1.807) is 13.8 Å². The van der Waals surface area contributed by atoms with E-state index in [0.717, 1.165) is 12.8 Å². The SMILES string of the molecule is CCOC(=O)CN(CC(C)C(N)=O)C1CC1. The van der Waals surface area contributed by atoms with E-state index < -0.39 is 0 Å². The number of hydrogen-bond donors (Lipinski definition) is 1. The predicted molar refractivity (Wildman–Crippen MR) is 59.6 cm³/mol. The van der Waals surface area contributed by atoms with E-state index >= 15 is 0 Å². The van der Waals surface area contributed by atoms with Crippen LogP contribution in [0.1, 0.15) is 26.7 Å². The van der Waals surface area contributed by atoms with Gasteiger partial charge in [0.25, 0.3) is 0 Å². The average molecular weight is 228 g/mol. The van der Waals surface area contributed by atoms with Crippen LogP contribution in [0.25, 0.3) is 0 Å². The number of primary amides is 1. The third-order valence-electron chi connectivity index (χ3n) is 2.69. The van der Waals surface area contributed by atoms with Crippen molar-refractivity contribution in [1.82, 2.24) is 4.90 Å². The fourth-order valence-electron chi connectivity index (χ4n) is 1.60. The second-order valence-corrected chi connectivity index (χ2v) is 4.27. The highest BCUT2D eigenvalue weighted by Gasteiger charge is 2.32. The number of rotatable bonds is 7. The molecule has 5 nitrogen and oxygen atoms in total. The van der Waals surface area contributed by atoms with Gasteiger partial charge in [0.2, 0.25) is 5.91 Å². The van der Waals surface area contributed by atoms with Crippen molar-refractivity contribution >= 4 is 11.9 Å². The number of ether oxygens (including phenoxy) is 1. The van der Waals surface area contributed by atoms with E-state index in [-0.39, 0.29) is 24.3 Å². The number of nitrogens with zero attached hydrogens (tertiary/aromatic N) is 1. The molecule has 1 atom stereocenters. The summed E-state index contributed by atoms with van der Waals surface area (Å²) in [5.41, 5.74) is 5.21. The Morgan fingerprint density at radius 3 is 2.56 bits per heavy atom. The van der Waals surface area contributed by atoms with E-state index in [4.69, 9.17) is 10.5 Å². The van der Waals surface area contributed by atoms with Gasteiger partial charge in [0.05, 0.1) is 13.2 Å². The number of carbonyl (C=O) groups is 2. The molecule has 16 heavy (non-hydrogen) atoms. The highest BCUT2D eigenvalue weighted by molar-refractivity contribution is 5.76. The van der Waals surface area contributed by atoms with Crippen LogP contribution in [-0.4, -0.2) is 42.5 Å². The Kier molecular flexibility index (Phi) is 4.73. The van der Waals surface area contributed by atoms with Crippen molar-refractivity contribution in [3.05, 3.63) is 0 Å². The van der Waals surface area contributed by atoms with Gasteiger partial charge in [-0.3, -0.25) is 14.5 Å². The molecule has 1 unspecified atom stereocenters. The van der Waals surface area contributed by atoms with Crippen molar-refractivity contribution in [3.63, 3.8) is 0 Å². The van der Waals surface area contributed by atoms with Crippen LogP contribution in [0.3, 0.4) is 0 Å². The first-order chi connectivity index (χ1) is 7.54. The van der Waals surface area contributed by atoms with Crippen LogP contribution in [0.2, 0.25) is 0 Å². The lowest BCUT2D eigenvalue weighted by Crippen LogP contribution is -2.39. The summed E-state index contributed by atoms with van der Waals surface area (Å²) in [5, 5.41) is 0. The van der Waals surface area contributed by atoms with Crippen LogP contribution in [0.4, 0.5) is 0 Å². The molecule has 0 aromatic rings. The highest BCUT2D eigenvalue weighted by Crippen LogP contribution is 2.27. The lowest BCUT2D eigenvalue weighted by Gasteiger charge is -2.23. The van der Waals surface area contributed by atoms with Gasteiger partial charge < -0.3 is 10.5 Å². The van der Waals surface area contributed by atoms with Gasteiger partial charge in [-0.05, 0) is 19.8 Å². The van der Waals surface area contributed by atoms with Crippen LogP contribution in [-0.2, 0) is 14.3 Å². The van der Waals surface area contributed by atoms with E-state index in [1.807, 2.05) is 4.90 Å². The second kappa shape index (κ2) is 5.84. The number of hydrogen-bond acceptors (Lipinski definition) is 4. The smallest absolute Gasteiger partial charge is 0.320 e. The fraction of sp³-hybridized carbons (Fsp3) is 0.818. The normalized spacial score (nSPS) is 17.2. The van der Waals surface area contributed by atoms with Crippen LogP contribution in [0, 0.1) is 5.92 Å². The molecule has 0 aromatic carbocycles. The summed E-state index contributed by atoms with van der Waals surface area (Å²) in [7, 11) is 0. The van der Waals surface area contributed by atoms with Crippen molar-refractivity contribution < 1.29 is 14.3 Å². The summed E-state index contributed by atoms with van der Waals surface area (Å²) in [5.74, 6) is -0.782. The molecule has 0 aromatic heterocycles. The van der Waals surface area contributed by atoms with E-state index in [9.17, 15) is 9.59 Å². The first-order valence-electron chi connectivity index (χ1n) is 5.73. The Hall–Kier alpha value is -1.10. The molecule has 1 amide bonds. The molecular weight excluding hydrogens is 208 g/mol. The van der Waals surface area contributed by atoms with Gasteiger partial charge in [-0.25, -0.2) is 0 Å². The second-order valence-electron chi connectivity index (χ2n) is 4.27. The Morgan fingerprint density at radius 1 is 1.50 bits per heavy atom. The summed E-state index contributed by atoms with van der Waals surface area (Å²) in [6.45, 7) is 4.76. The monoisotopic (exact) mass is 228 g/mol. The molecule has 0 heterocycles. The molecule has 0 bridgehead atoms. The van der Waals surface area contributed by atoms with Gasteiger partial charge in [0, 0.05) is 18.5 Å². The Labute approximate surface area is 95.9 Å². The Morgan fingerprint density at radius 2 is 2.12 bits per heavy atom. The van der Waals surface area contributed by atoms with Crippen molar-refractivity contribution in [3.8, 4) is 0 Å². The van der Waals surface area contributed by atoms with Crippen LogP contribution in [0.15, 0.2) is 0 Å². The van der Waals surface area contributed by atoms with E-state index in [0.29, 0.717) is 19.2 Å². The third-order valence-corrected chi connectivity index (χ3v) is 2.69. The van der Waals surface area contributed by atoms with Gasteiger partial charge in [0.15, 0.2) is 0 Å². The summed E-state index contributed by atoms with van der Waals surface area (Å²) >= 11 is 0. The maximum atomic E-state index is 11.4. The largest absolute Gasteiger partial charge is 0.465 e. The molecular formula is C11H20N2O3. The zero-order valence-corrected chi connectivity index (χ0v) is 9.94. The summed E-state index contributed by atoms with van der Waals surface area (Å²) in [6, 6.07) is 0.422. The molecule has 0 saturated heterocycles. The predicted octanol–water partition coefficient (Wildman–Crippen LogP) is 0.135. The zero-order valence-electron chi connectivity index (χ0n) is 9.94. The first kappa shape index (κ1) is 13.0.